The van der Waals surface area contributed by atoms with Crippen LogP contribution in [0.5, 0.6) is 0 Å². The number of carbonyl (C=O) groups is 1. The summed E-state index contributed by atoms with van der Waals surface area (Å²) in [6.45, 7) is 15.1. The lowest BCUT2D eigenvalue weighted by Crippen LogP contribution is -2.15. The summed E-state index contributed by atoms with van der Waals surface area (Å²) >= 11 is 1.37. The summed E-state index contributed by atoms with van der Waals surface area (Å²) in [7, 11) is 0. The number of allylic oxidation sites excluding steroid dienone is 1. The molecule has 162 valence electrons. The van der Waals surface area contributed by atoms with Gasteiger partial charge in [0.2, 0.25) is 5.91 Å². The Hall–Kier alpha value is -2.86. The van der Waals surface area contributed by atoms with Crippen molar-refractivity contribution in [2.45, 2.75) is 51.7 Å². The number of hydrogen-bond acceptors (Lipinski definition) is 4. The minimum atomic E-state index is -0.0718. The minimum Gasteiger partial charge on any atom is -0.325 e. The van der Waals surface area contributed by atoms with Gasteiger partial charge in [-0.2, -0.15) is 0 Å². The Balaban J connectivity index is 1.73. The molecule has 6 heteroatoms. The third-order valence-electron chi connectivity index (χ3n) is 5.16. The lowest BCUT2D eigenvalue weighted by Gasteiger charge is -2.19. The summed E-state index contributed by atoms with van der Waals surface area (Å²) in [6.07, 6.45) is 1.82. The van der Waals surface area contributed by atoms with Crippen LogP contribution in [0, 0.1) is 13.8 Å². The molecule has 1 N–H and O–H groups in total. The van der Waals surface area contributed by atoms with E-state index in [4.69, 9.17) is 0 Å². The van der Waals surface area contributed by atoms with Gasteiger partial charge in [-0.1, -0.05) is 68.9 Å². The Kier molecular flexibility index (Phi) is 7.01. The molecule has 1 heterocycles. The average molecular weight is 435 g/mol. The Bertz CT molecular complexity index is 1080. The number of benzene rings is 2. The average Bonchev–Trinajstić information content (AvgIpc) is 3.11. The van der Waals surface area contributed by atoms with Crippen LogP contribution in [0.2, 0.25) is 0 Å². The molecule has 0 atom stereocenters. The molecule has 0 fully saturated rings. The van der Waals surface area contributed by atoms with E-state index in [0.29, 0.717) is 11.7 Å². The highest BCUT2D eigenvalue weighted by atomic mass is 32.2. The van der Waals surface area contributed by atoms with Gasteiger partial charge >= 0.3 is 0 Å². The van der Waals surface area contributed by atoms with Crippen LogP contribution in [0.4, 0.5) is 5.69 Å². The van der Waals surface area contributed by atoms with E-state index in [0.717, 1.165) is 22.6 Å². The van der Waals surface area contributed by atoms with Gasteiger partial charge in [0.25, 0.3) is 0 Å². The highest BCUT2D eigenvalue weighted by Gasteiger charge is 2.17. The van der Waals surface area contributed by atoms with Crippen molar-refractivity contribution in [2.75, 3.05) is 11.1 Å². The van der Waals surface area contributed by atoms with Crippen LogP contribution >= 0.6 is 11.8 Å². The van der Waals surface area contributed by atoms with E-state index in [1.807, 2.05) is 35.8 Å². The number of aryl methyl sites for hydroxylation is 2. The number of thioether (sulfide) groups is 1. The van der Waals surface area contributed by atoms with E-state index in [1.165, 1.54) is 22.9 Å². The summed E-state index contributed by atoms with van der Waals surface area (Å²) in [5, 5.41) is 12.4. The summed E-state index contributed by atoms with van der Waals surface area (Å²) < 4.78 is 1.99. The smallest absolute Gasteiger partial charge is 0.234 e. The lowest BCUT2D eigenvalue weighted by atomic mass is 9.87. The van der Waals surface area contributed by atoms with Crippen molar-refractivity contribution < 1.29 is 4.79 Å². The highest BCUT2D eigenvalue weighted by Crippen LogP contribution is 2.28. The third kappa shape index (κ3) is 5.64. The molecule has 3 aromatic rings. The predicted molar refractivity (Wildman–Crippen MR) is 130 cm³/mol. The van der Waals surface area contributed by atoms with Crippen LogP contribution in [-0.4, -0.2) is 26.4 Å². The van der Waals surface area contributed by atoms with Crippen LogP contribution in [0.25, 0.3) is 11.4 Å². The molecule has 0 aliphatic rings. The third-order valence-corrected chi connectivity index (χ3v) is 6.13. The number of rotatable bonds is 7. The molecule has 0 spiro atoms. The SMILES string of the molecule is C=CCn1c(SCC(=O)Nc2ccc(C)c(C)c2)nnc1-c1ccc(C(C)(C)C)cc1. The van der Waals surface area contributed by atoms with Gasteiger partial charge in [-0.3, -0.25) is 9.36 Å². The number of aromatic nitrogens is 3. The van der Waals surface area contributed by atoms with Crippen molar-refractivity contribution in [1.29, 1.82) is 0 Å². The molecular weight excluding hydrogens is 404 g/mol. The maximum Gasteiger partial charge on any atom is 0.234 e. The number of amides is 1. The Morgan fingerprint density at radius 3 is 2.42 bits per heavy atom. The van der Waals surface area contributed by atoms with Gasteiger partial charge in [0, 0.05) is 17.8 Å². The number of hydrogen-bond donors (Lipinski definition) is 1. The zero-order valence-corrected chi connectivity index (χ0v) is 19.7. The van der Waals surface area contributed by atoms with Crippen LogP contribution in [0.3, 0.4) is 0 Å². The zero-order chi connectivity index (χ0) is 22.6. The number of nitrogens with zero attached hydrogens (tertiary/aromatic N) is 3. The second-order valence-electron chi connectivity index (χ2n) is 8.67. The molecule has 0 saturated heterocycles. The van der Waals surface area contributed by atoms with Crippen LogP contribution < -0.4 is 5.32 Å². The fraction of sp³-hybridized carbons (Fsp3) is 0.320. The van der Waals surface area contributed by atoms with Gasteiger partial charge in [-0.15, -0.1) is 16.8 Å². The quantitative estimate of drug-likeness (QED) is 0.378. The van der Waals surface area contributed by atoms with Gasteiger partial charge in [-0.25, -0.2) is 0 Å². The van der Waals surface area contributed by atoms with Crippen molar-refractivity contribution in [3.05, 3.63) is 71.8 Å². The Labute approximate surface area is 189 Å². The van der Waals surface area contributed by atoms with E-state index < -0.39 is 0 Å². The molecule has 0 saturated carbocycles. The summed E-state index contributed by atoms with van der Waals surface area (Å²) in [4.78, 5) is 12.4. The first-order valence-corrected chi connectivity index (χ1v) is 11.3. The van der Waals surface area contributed by atoms with Crippen LogP contribution in [-0.2, 0) is 16.8 Å². The number of anilines is 1. The number of nitrogens with one attached hydrogen (secondary N) is 1. The number of carbonyl (C=O) groups excluding carboxylic acids is 1. The van der Waals surface area contributed by atoms with E-state index in [1.54, 1.807) is 0 Å². The molecular formula is C25H30N4OS. The molecule has 0 aliphatic heterocycles. The van der Waals surface area contributed by atoms with Crippen molar-refractivity contribution >= 4 is 23.4 Å². The van der Waals surface area contributed by atoms with E-state index in [9.17, 15) is 4.79 Å². The second kappa shape index (κ2) is 9.52. The summed E-state index contributed by atoms with van der Waals surface area (Å²) in [6, 6.07) is 14.3. The molecule has 0 aliphatic carbocycles. The topological polar surface area (TPSA) is 59.8 Å². The van der Waals surface area contributed by atoms with Gasteiger partial charge in [0.15, 0.2) is 11.0 Å². The van der Waals surface area contributed by atoms with Crippen molar-refractivity contribution in [1.82, 2.24) is 14.8 Å². The van der Waals surface area contributed by atoms with E-state index in [-0.39, 0.29) is 17.1 Å². The molecule has 1 amide bonds. The first-order valence-electron chi connectivity index (χ1n) is 10.3. The predicted octanol–water partition coefficient (Wildman–Crippen LogP) is 5.78. The molecule has 3 rings (SSSR count). The van der Waals surface area contributed by atoms with Crippen molar-refractivity contribution in [2.24, 2.45) is 0 Å². The lowest BCUT2D eigenvalue weighted by molar-refractivity contribution is -0.113. The van der Waals surface area contributed by atoms with E-state index in [2.05, 4.69) is 74.1 Å². The largest absolute Gasteiger partial charge is 0.325 e. The molecule has 0 radical (unpaired) electrons. The Morgan fingerprint density at radius 1 is 1.10 bits per heavy atom. The highest BCUT2D eigenvalue weighted by molar-refractivity contribution is 7.99. The molecule has 1 aromatic heterocycles. The van der Waals surface area contributed by atoms with E-state index >= 15 is 0 Å². The van der Waals surface area contributed by atoms with Crippen LogP contribution in [0.15, 0.2) is 60.3 Å². The van der Waals surface area contributed by atoms with Crippen molar-refractivity contribution in [3.63, 3.8) is 0 Å². The molecule has 2 aromatic carbocycles. The first kappa shape index (κ1) is 22.8. The van der Waals surface area contributed by atoms with Crippen LogP contribution in [0.1, 0.15) is 37.5 Å². The monoisotopic (exact) mass is 434 g/mol. The fourth-order valence-electron chi connectivity index (χ4n) is 3.17. The zero-order valence-electron chi connectivity index (χ0n) is 18.9. The van der Waals surface area contributed by atoms with Gasteiger partial charge in [-0.05, 0) is 48.1 Å². The maximum atomic E-state index is 12.4. The summed E-state index contributed by atoms with van der Waals surface area (Å²) in [5.41, 5.74) is 5.52. The maximum absolute atomic E-state index is 12.4. The fourth-order valence-corrected chi connectivity index (χ4v) is 3.92. The molecule has 0 bridgehead atoms. The molecule has 5 nitrogen and oxygen atoms in total. The molecule has 31 heavy (non-hydrogen) atoms. The van der Waals surface area contributed by atoms with Gasteiger partial charge in [0.1, 0.15) is 0 Å². The first-order chi connectivity index (χ1) is 14.7. The molecule has 0 unspecified atom stereocenters. The summed E-state index contributed by atoms with van der Waals surface area (Å²) in [5.74, 6) is 0.959. The standard InChI is InChI=1S/C25H30N4OS/c1-7-14-29-23(19-9-11-20(12-10-19)25(4,5)6)27-28-24(29)31-16-22(30)26-21-13-8-17(2)18(3)15-21/h7-13,15H,1,14,16H2,2-6H3,(H,26,30). The van der Waals surface area contributed by atoms with Gasteiger partial charge < -0.3 is 5.32 Å². The van der Waals surface area contributed by atoms with Gasteiger partial charge in [0.05, 0.1) is 5.75 Å². The Morgan fingerprint density at radius 2 is 1.81 bits per heavy atom. The minimum absolute atomic E-state index is 0.0718. The van der Waals surface area contributed by atoms with Crippen molar-refractivity contribution in [3.8, 4) is 11.4 Å². The second-order valence-corrected chi connectivity index (χ2v) is 9.61. The normalized spacial score (nSPS) is 11.4.